The van der Waals surface area contributed by atoms with Crippen molar-refractivity contribution in [2.24, 2.45) is 5.10 Å². The number of hydrazone groups is 1. The van der Waals surface area contributed by atoms with Crippen LogP contribution in [-0.2, 0) is 4.79 Å². The van der Waals surface area contributed by atoms with Gasteiger partial charge in [0.25, 0.3) is 11.8 Å². The van der Waals surface area contributed by atoms with E-state index in [4.69, 9.17) is 21.1 Å². The summed E-state index contributed by atoms with van der Waals surface area (Å²) >= 11 is 5.84. The van der Waals surface area contributed by atoms with Crippen LogP contribution in [0.25, 0.3) is 0 Å². The minimum absolute atomic E-state index is 0.169. The van der Waals surface area contributed by atoms with Crippen LogP contribution in [0.2, 0.25) is 5.02 Å². The van der Waals surface area contributed by atoms with Crippen LogP contribution in [0.15, 0.2) is 65.8 Å². The Balaban J connectivity index is 1.59. The van der Waals surface area contributed by atoms with Crippen molar-refractivity contribution in [1.82, 2.24) is 5.43 Å². The number of hydrogen-bond donors (Lipinski definition) is 2. The summed E-state index contributed by atoms with van der Waals surface area (Å²) in [6.07, 6.45) is 1.49. The van der Waals surface area contributed by atoms with Crippen molar-refractivity contribution < 1.29 is 19.1 Å². The molecule has 7 nitrogen and oxygen atoms in total. The molecule has 3 rings (SSSR count). The molecule has 0 unspecified atom stereocenters. The molecule has 0 aliphatic heterocycles. The molecule has 0 saturated carbocycles. The lowest BCUT2D eigenvalue weighted by molar-refractivity contribution is -0.118. The van der Waals surface area contributed by atoms with E-state index in [9.17, 15) is 9.59 Å². The average molecular weight is 480 g/mol. The molecule has 0 radical (unpaired) electrons. The maximum Gasteiger partial charge on any atom is 0.271 e. The predicted molar refractivity (Wildman–Crippen MR) is 134 cm³/mol. The lowest BCUT2D eigenvalue weighted by Gasteiger charge is -2.13. The van der Waals surface area contributed by atoms with Gasteiger partial charge in [-0.2, -0.15) is 5.10 Å². The zero-order valence-corrected chi connectivity index (χ0v) is 20.0. The molecular weight excluding hydrogens is 454 g/mol. The van der Waals surface area contributed by atoms with E-state index >= 15 is 0 Å². The highest BCUT2D eigenvalue weighted by atomic mass is 35.5. The summed E-state index contributed by atoms with van der Waals surface area (Å²) in [5.74, 6) is 0.267. The molecule has 176 valence electrons. The van der Waals surface area contributed by atoms with Crippen LogP contribution in [0.5, 0.6) is 11.5 Å². The first-order valence-electron chi connectivity index (χ1n) is 10.7. The van der Waals surface area contributed by atoms with Gasteiger partial charge >= 0.3 is 0 Å². The van der Waals surface area contributed by atoms with E-state index in [1.54, 1.807) is 42.5 Å². The maximum absolute atomic E-state index is 12.3. The number of rotatable bonds is 9. The largest absolute Gasteiger partial charge is 0.490 e. The molecule has 0 fully saturated rings. The smallest absolute Gasteiger partial charge is 0.271 e. The van der Waals surface area contributed by atoms with Crippen molar-refractivity contribution >= 4 is 35.3 Å². The van der Waals surface area contributed by atoms with Gasteiger partial charge in [-0.25, -0.2) is 5.43 Å². The molecule has 8 heteroatoms. The topological polar surface area (TPSA) is 89.0 Å². The summed E-state index contributed by atoms with van der Waals surface area (Å²) in [4.78, 5) is 24.4. The second kappa shape index (κ2) is 11.9. The van der Waals surface area contributed by atoms with Gasteiger partial charge in [-0.05, 0) is 92.1 Å². The van der Waals surface area contributed by atoms with E-state index in [2.05, 4.69) is 15.8 Å². The lowest BCUT2D eigenvalue weighted by atomic mass is 10.1. The van der Waals surface area contributed by atoms with Crippen LogP contribution in [0.4, 0.5) is 5.69 Å². The van der Waals surface area contributed by atoms with Crippen LogP contribution in [0.3, 0.4) is 0 Å². The molecule has 0 bridgehead atoms. The number of carbonyl (C=O) groups is 2. The number of nitrogens with zero attached hydrogens (tertiary/aromatic N) is 1. The van der Waals surface area contributed by atoms with Gasteiger partial charge in [-0.15, -0.1) is 0 Å². The van der Waals surface area contributed by atoms with E-state index in [0.717, 1.165) is 11.1 Å². The quantitative estimate of drug-likeness (QED) is 0.328. The molecule has 34 heavy (non-hydrogen) atoms. The van der Waals surface area contributed by atoms with Crippen LogP contribution in [0, 0.1) is 13.8 Å². The molecule has 3 aromatic carbocycles. The van der Waals surface area contributed by atoms with Crippen molar-refractivity contribution in [2.45, 2.75) is 20.8 Å². The minimum atomic E-state index is -0.354. The van der Waals surface area contributed by atoms with E-state index in [1.807, 2.05) is 39.0 Å². The third-order valence-corrected chi connectivity index (χ3v) is 5.16. The fraction of sp³-hybridized carbons (Fsp3) is 0.192. The third-order valence-electron chi connectivity index (χ3n) is 4.90. The number of carbonyl (C=O) groups excluding carboxylic acids is 2. The zero-order valence-electron chi connectivity index (χ0n) is 19.2. The Morgan fingerprint density at radius 3 is 2.41 bits per heavy atom. The molecular formula is C26H26ClN3O4. The predicted octanol–water partition coefficient (Wildman–Crippen LogP) is 5.14. The Bertz CT molecular complexity index is 1190. The summed E-state index contributed by atoms with van der Waals surface area (Å²) in [7, 11) is 0. The first kappa shape index (κ1) is 24.8. The summed E-state index contributed by atoms with van der Waals surface area (Å²) in [5.41, 5.74) is 6.57. The molecule has 0 spiro atoms. The highest BCUT2D eigenvalue weighted by molar-refractivity contribution is 6.30. The van der Waals surface area contributed by atoms with Gasteiger partial charge < -0.3 is 14.8 Å². The van der Waals surface area contributed by atoms with Gasteiger partial charge in [0, 0.05) is 16.3 Å². The van der Waals surface area contributed by atoms with Crippen molar-refractivity contribution in [3.05, 3.63) is 87.9 Å². The van der Waals surface area contributed by atoms with E-state index in [0.29, 0.717) is 39.9 Å². The Labute approximate surface area is 203 Å². The Hall–Kier alpha value is -3.84. The molecule has 0 aliphatic rings. The molecule has 0 atom stereocenters. The molecule has 3 aromatic rings. The number of hydrogen-bond acceptors (Lipinski definition) is 5. The average Bonchev–Trinajstić information content (AvgIpc) is 2.81. The molecule has 0 heterocycles. The monoisotopic (exact) mass is 479 g/mol. The highest BCUT2D eigenvalue weighted by Gasteiger charge is 2.10. The summed E-state index contributed by atoms with van der Waals surface area (Å²) in [6, 6.07) is 17.4. The van der Waals surface area contributed by atoms with Gasteiger partial charge in [0.2, 0.25) is 0 Å². The standard InChI is InChI=1S/C26H26ClN3O4/c1-4-33-24-14-19(15-28-30-26(32)20-7-9-21(27)10-8-20)6-12-23(24)34-16-25(31)29-22-11-5-17(2)18(3)13-22/h5-15H,4,16H2,1-3H3,(H,29,31)(H,30,32)/b28-15+. The highest BCUT2D eigenvalue weighted by Crippen LogP contribution is 2.28. The van der Waals surface area contributed by atoms with Crippen LogP contribution in [-0.4, -0.2) is 31.2 Å². The Morgan fingerprint density at radius 2 is 1.71 bits per heavy atom. The third kappa shape index (κ3) is 7.08. The first-order valence-corrected chi connectivity index (χ1v) is 11.1. The van der Waals surface area contributed by atoms with Crippen molar-refractivity contribution in [1.29, 1.82) is 0 Å². The summed E-state index contributed by atoms with van der Waals surface area (Å²) < 4.78 is 11.3. The lowest BCUT2D eigenvalue weighted by Crippen LogP contribution is -2.20. The van der Waals surface area contributed by atoms with Gasteiger partial charge in [0.1, 0.15) is 0 Å². The SMILES string of the molecule is CCOc1cc(/C=N/NC(=O)c2ccc(Cl)cc2)ccc1OCC(=O)Nc1ccc(C)c(C)c1. The maximum atomic E-state index is 12.3. The number of anilines is 1. The number of nitrogens with one attached hydrogen (secondary N) is 2. The number of benzene rings is 3. The van der Waals surface area contributed by atoms with Gasteiger partial charge in [-0.1, -0.05) is 17.7 Å². The van der Waals surface area contributed by atoms with E-state index in [1.165, 1.54) is 6.21 Å². The molecule has 0 aromatic heterocycles. The number of amides is 2. The molecule has 0 saturated heterocycles. The zero-order chi connectivity index (χ0) is 24.5. The van der Waals surface area contributed by atoms with Crippen molar-refractivity contribution in [3.63, 3.8) is 0 Å². The second-order valence-corrected chi connectivity index (χ2v) is 7.92. The molecule has 2 amide bonds. The van der Waals surface area contributed by atoms with E-state index in [-0.39, 0.29) is 18.4 Å². The molecule has 2 N–H and O–H groups in total. The van der Waals surface area contributed by atoms with Crippen molar-refractivity contribution in [2.75, 3.05) is 18.5 Å². The van der Waals surface area contributed by atoms with Crippen LogP contribution >= 0.6 is 11.6 Å². The van der Waals surface area contributed by atoms with Gasteiger partial charge in [0.15, 0.2) is 18.1 Å². The second-order valence-electron chi connectivity index (χ2n) is 7.48. The van der Waals surface area contributed by atoms with Crippen molar-refractivity contribution in [3.8, 4) is 11.5 Å². The normalized spacial score (nSPS) is 10.7. The van der Waals surface area contributed by atoms with Gasteiger partial charge in [-0.3, -0.25) is 9.59 Å². The van der Waals surface area contributed by atoms with Crippen LogP contribution in [0.1, 0.15) is 34.0 Å². The molecule has 0 aliphatic carbocycles. The fourth-order valence-corrected chi connectivity index (χ4v) is 3.11. The van der Waals surface area contributed by atoms with Gasteiger partial charge in [0.05, 0.1) is 12.8 Å². The Kier molecular flexibility index (Phi) is 8.65. The van der Waals surface area contributed by atoms with Crippen LogP contribution < -0.4 is 20.2 Å². The summed E-state index contributed by atoms with van der Waals surface area (Å²) in [6.45, 7) is 6.10. The first-order chi connectivity index (χ1) is 16.4. The Morgan fingerprint density at radius 1 is 0.941 bits per heavy atom. The summed E-state index contributed by atoms with van der Waals surface area (Å²) in [5, 5.41) is 7.36. The number of aryl methyl sites for hydroxylation is 2. The fourth-order valence-electron chi connectivity index (χ4n) is 2.98. The minimum Gasteiger partial charge on any atom is -0.490 e. The van der Waals surface area contributed by atoms with E-state index < -0.39 is 0 Å². The number of ether oxygens (including phenoxy) is 2. The number of halogens is 1.